The molecule has 0 bridgehead atoms. The van der Waals surface area contributed by atoms with Gasteiger partial charge in [-0.1, -0.05) is 6.07 Å². The van der Waals surface area contributed by atoms with Crippen molar-refractivity contribution in [3.8, 4) is 0 Å². The summed E-state index contributed by atoms with van der Waals surface area (Å²) in [7, 11) is -2.38. The average molecular weight is 279 g/mol. The maximum atomic E-state index is 12.2. The van der Waals surface area contributed by atoms with E-state index in [2.05, 4.69) is 9.97 Å². The lowest BCUT2D eigenvalue weighted by atomic mass is 10.3. The normalized spacial score (nSPS) is 11.7. The molecule has 0 aliphatic rings. The first-order valence-electron chi connectivity index (χ1n) is 5.54. The zero-order valence-electron chi connectivity index (χ0n) is 10.3. The van der Waals surface area contributed by atoms with Gasteiger partial charge in [-0.3, -0.25) is 9.78 Å². The Morgan fingerprint density at radius 1 is 1.37 bits per heavy atom. The van der Waals surface area contributed by atoms with Gasteiger partial charge in [-0.2, -0.15) is 4.31 Å². The lowest BCUT2D eigenvalue weighted by Crippen LogP contribution is -2.30. The topological polar surface area (TPSA) is 83.1 Å². The van der Waals surface area contributed by atoms with Crippen LogP contribution in [0.1, 0.15) is 5.56 Å². The van der Waals surface area contributed by atoms with Crippen molar-refractivity contribution in [3.05, 3.63) is 58.8 Å². The number of hydrogen-bond acceptors (Lipinski definition) is 4. The van der Waals surface area contributed by atoms with E-state index in [0.717, 1.165) is 9.87 Å². The largest absolute Gasteiger partial charge is 0.366 e. The zero-order chi connectivity index (χ0) is 13.9. The molecule has 0 unspecified atom stereocenters. The van der Waals surface area contributed by atoms with Crippen LogP contribution in [0.2, 0.25) is 0 Å². The van der Waals surface area contributed by atoms with E-state index in [9.17, 15) is 13.2 Å². The van der Waals surface area contributed by atoms with Gasteiger partial charge in [0.25, 0.3) is 0 Å². The van der Waals surface area contributed by atoms with Crippen molar-refractivity contribution < 1.29 is 8.42 Å². The number of sulfonamides is 1. The summed E-state index contributed by atoms with van der Waals surface area (Å²) in [5.74, 6) is 0. The fourth-order valence-electron chi connectivity index (χ4n) is 1.60. The second-order valence-corrected chi connectivity index (χ2v) is 6.01. The third kappa shape index (κ3) is 2.88. The van der Waals surface area contributed by atoms with E-state index in [1.807, 2.05) is 0 Å². The van der Waals surface area contributed by atoms with Crippen LogP contribution in [0, 0.1) is 0 Å². The fourth-order valence-corrected chi connectivity index (χ4v) is 2.80. The molecule has 0 fully saturated rings. The van der Waals surface area contributed by atoms with Crippen LogP contribution in [0.4, 0.5) is 0 Å². The summed E-state index contributed by atoms with van der Waals surface area (Å²) in [6.07, 6.45) is 5.78. The number of hydrogen-bond donors (Lipinski definition) is 1. The molecule has 0 saturated heterocycles. The van der Waals surface area contributed by atoms with Crippen molar-refractivity contribution in [2.45, 2.75) is 11.4 Å². The highest BCUT2D eigenvalue weighted by atomic mass is 32.2. The lowest BCUT2D eigenvalue weighted by Gasteiger charge is -2.16. The van der Waals surface area contributed by atoms with Gasteiger partial charge in [-0.05, 0) is 11.6 Å². The summed E-state index contributed by atoms with van der Waals surface area (Å²) in [6.45, 7) is 0.157. The molecule has 7 heteroatoms. The number of aromatic amines is 1. The number of rotatable bonds is 4. The van der Waals surface area contributed by atoms with E-state index in [0.29, 0.717) is 0 Å². The van der Waals surface area contributed by atoms with Crippen molar-refractivity contribution in [2.24, 2.45) is 0 Å². The van der Waals surface area contributed by atoms with Crippen LogP contribution < -0.4 is 5.43 Å². The Labute approximate surface area is 110 Å². The highest BCUT2D eigenvalue weighted by Gasteiger charge is 2.23. The third-order valence-corrected chi connectivity index (χ3v) is 4.43. The molecule has 0 saturated carbocycles. The molecule has 1 N–H and O–H groups in total. The molecule has 0 aliphatic carbocycles. The van der Waals surface area contributed by atoms with E-state index in [-0.39, 0.29) is 11.4 Å². The molecule has 0 atom stereocenters. The molecule has 0 aliphatic heterocycles. The monoisotopic (exact) mass is 279 g/mol. The van der Waals surface area contributed by atoms with Crippen LogP contribution in [-0.2, 0) is 16.6 Å². The zero-order valence-corrected chi connectivity index (χ0v) is 11.1. The van der Waals surface area contributed by atoms with Crippen molar-refractivity contribution >= 4 is 10.0 Å². The van der Waals surface area contributed by atoms with E-state index >= 15 is 0 Å². The highest BCUT2D eigenvalue weighted by molar-refractivity contribution is 7.89. The van der Waals surface area contributed by atoms with Crippen molar-refractivity contribution in [3.63, 3.8) is 0 Å². The van der Waals surface area contributed by atoms with Gasteiger partial charge in [-0.15, -0.1) is 0 Å². The van der Waals surface area contributed by atoms with E-state index in [4.69, 9.17) is 0 Å². The first-order valence-corrected chi connectivity index (χ1v) is 6.98. The smallest absolute Gasteiger partial charge is 0.248 e. The van der Waals surface area contributed by atoms with Crippen molar-refractivity contribution in [1.82, 2.24) is 14.3 Å². The maximum Gasteiger partial charge on any atom is 0.248 e. The molecule has 2 rings (SSSR count). The molecular weight excluding hydrogens is 266 g/mol. The van der Waals surface area contributed by atoms with Crippen LogP contribution >= 0.6 is 0 Å². The molecule has 0 amide bonds. The Bertz CT molecular complexity index is 710. The Balaban J connectivity index is 2.31. The maximum absolute atomic E-state index is 12.2. The third-order valence-electron chi connectivity index (χ3n) is 2.60. The predicted molar refractivity (Wildman–Crippen MR) is 70.0 cm³/mol. The molecule has 100 valence electrons. The second-order valence-electron chi connectivity index (χ2n) is 4.00. The van der Waals surface area contributed by atoms with Crippen LogP contribution in [0.15, 0.2) is 52.7 Å². The van der Waals surface area contributed by atoms with E-state index in [1.165, 1.54) is 25.5 Å². The minimum Gasteiger partial charge on any atom is -0.366 e. The lowest BCUT2D eigenvalue weighted by molar-refractivity contribution is 0.465. The summed E-state index contributed by atoms with van der Waals surface area (Å²) in [5, 5.41) is 0. The van der Waals surface area contributed by atoms with E-state index < -0.39 is 15.5 Å². The molecule has 6 nitrogen and oxygen atoms in total. The Morgan fingerprint density at radius 3 is 2.79 bits per heavy atom. The van der Waals surface area contributed by atoms with Crippen molar-refractivity contribution in [1.29, 1.82) is 0 Å². The number of aromatic nitrogens is 2. The van der Waals surface area contributed by atoms with Gasteiger partial charge in [0.05, 0.1) is 0 Å². The molecule has 2 heterocycles. The summed E-state index contributed by atoms with van der Waals surface area (Å²) in [5.41, 5.74) is 0.220. The number of pyridine rings is 2. The fraction of sp³-hybridized carbons (Fsp3) is 0.167. The molecule has 0 spiro atoms. The predicted octanol–water partition coefficient (Wildman–Crippen LogP) is 0.591. The minimum atomic E-state index is -3.81. The van der Waals surface area contributed by atoms with Gasteiger partial charge in [0.15, 0.2) is 0 Å². The molecular formula is C12H13N3O3S. The number of nitrogens with zero attached hydrogens (tertiary/aromatic N) is 2. The molecule has 2 aromatic rings. The van der Waals surface area contributed by atoms with Gasteiger partial charge in [0, 0.05) is 44.4 Å². The summed E-state index contributed by atoms with van der Waals surface area (Å²) in [4.78, 5) is 17.9. The van der Waals surface area contributed by atoms with Crippen LogP contribution in [0.5, 0.6) is 0 Å². The van der Waals surface area contributed by atoms with Gasteiger partial charge >= 0.3 is 0 Å². The molecule has 0 aromatic carbocycles. The second kappa shape index (κ2) is 5.33. The van der Waals surface area contributed by atoms with Gasteiger partial charge in [-0.25, -0.2) is 8.42 Å². The first kappa shape index (κ1) is 13.4. The SMILES string of the molecule is CN(Cc1cccnc1)S(=O)(=O)c1c[nH]ccc1=O. The van der Waals surface area contributed by atoms with Crippen LogP contribution in [-0.4, -0.2) is 29.7 Å². The van der Waals surface area contributed by atoms with E-state index in [1.54, 1.807) is 24.5 Å². The van der Waals surface area contributed by atoms with Gasteiger partial charge in [0.2, 0.25) is 15.5 Å². The Hall–Kier alpha value is -1.99. The Morgan fingerprint density at radius 2 is 2.16 bits per heavy atom. The Kier molecular flexibility index (Phi) is 3.77. The average Bonchev–Trinajstić information content (AvgIpc) is 2.40. The first-order chi connectivity index (χ1) is 9.01. The minimum absolute atomic E-state index is 0.157. The van der Waals surface area contributed by atoms with Crippen LogP contribution in [0.25, 0.3) is 0 Å². The highest BCUT2D eigenvalue weighted by Crippen LogP contribution is 2.12. The van der Waals surface area contributed by atoms with Gasteiger partial charge < -0.3 is 4.98 Å². The summed E-state index contributed by atoms with van der Waals surface area (Å²) >= 11 is 0. The quantitative estimate of drug-likeness (QED) is 0.888. The number of nitrogens with one attached hydrogen (secondary N) is 1. The van der Waals surface area contributed by atoms with Crippen LogP contribution in [0.3, 0.4) is 0 Å². The number of H-pyrrole nitrogens is 1. The summed E-state index contributed by atoms with van der Waals surface area (Å²) in [6, 6.07) is 4.68. The van der Waals surface area contributed by atoms with Crippen molar-refractivity contribution in [2.75, 3.05) is 7.05 Å². The molecule has 0 radical (unpaired) electrons. The molecule has 19 heavy (non-hydrogen) atoms. The van der Waals surface area contributed by atoms with Gasteiger partial charge in [0.1, 0.15) is 4.90 Å². The standard InChI is InChI=1S/C12H13N3O3S/c1-15(9-10-3-2-5-13-7-10)19(17,18)12-8-14-6-4-11(12)16/h2-8H,9H2,1H3,(H,14,16). The molecule has 2 aromatic heterocycles. The summed E-state index contributed by atoms with van der Waals surface area (Å²) < 4.78 is 25.6.